The number of imidazole rings is 1. The van der Waals surface area contributed by atoms with Gasteiger partial charge in [-0.2, -0.15) is 5.10 Å². The molecule has 2 N–H and O–H groups in total. The number of rotatable bonds is 3. The van der Waals surface area contributed by atoms with E-state index < -0.39 is 0 Å². The summed E-state index contributed by atoms with van der Waals surface area (Å²) in [7, 11) is 0. The molecule has 0 atom stereocenters. The van der Waals surface area contributed by atoms with E-state index in [4.69, 9.17) is 5.73 Å². The molecule has 0 amide bonds. The lowest BCUT2D eigenvalue weighted by Gasteiger charge is -2.05. The molecule has 0 saturated carbocycles. The summed E-state index contributed by atoms with van der Waals surface area (Å²) >= 11 is 0. The molecule has 0 fully saturated rings. The summed E-state index contributed by atoms with van der Waals surface area (Å²) in [4.78, 5) is 4.09. The first kappa shape index (κ1) is 15.0. The predicted octanol–water partition coefficient (Wildman–Crippen LogP) is 3.77. The van der Waals surface area contributed by atoms with E-state index in [1.54, 1.807) is 31.5 Å². The number of aromatic nitrogens is 2. The molecule has 23 heavy (non-hydrogen) atoms. The van der Waals surface area contributed by atoms with Crippen LogP contribution in [0.3, 0.4) is 0 Å². The van der Waals surface area contributed by atoms with Gasteiger partial charge in [0.25, 0.3) is 0 Å². The Balaban J connectivity index is 1.90. The van der Waals surface area contributed by atoms with E-state index in [1.807, 2.05) is 37.3 Å². The van der Waals surface area contributed by atoms with E-state index >= 15 is 0 Å². The summed E-state index contributed by atoms with van der Waals surface area (Å²) < 4.78 is 15.3. The van der Waals surface area contributed by atoms with Gasteiger partial charge in [0.15, 0.2) is 0 Å². The van der Waals surface area contributed by atoms with E-state index in [-0.39, 0.29) is 5.82 Å². The average molecular weight is 308 g/mol. The molecule has 1 aromatic heterocycles. The lowest BCUT2D eigenvalue weighted by molar-refractivity contribution is 0.619. The molecule has 0 aliphatic carbocycles. The number of hydrogen-bond donors (Lipinski definition) is 1. The van der Waals surface area contributed by atoms with Gasteiger partial charge in [-0.15, -0.1) is 0 Å². The van der Waals surface area contributed by atoms with Crippen molar-refractivity contribution < 1.29 is 4.39 Å². The summed E-state index contributed by atoms with van der Waals surface area (Å²) in [6.07, 6.45) is 3.45. The molecule has 0 saturated heterocycles. The van der Waals surface area contributed by atoms with Crippen molar-refractivity contribution >= 4 is 12.2 Å². The zero-order chi connectivity index (χ0) is 16.4. The number of aryl methyl sites for hydroxylation is 2. The minimum atomic E-state index is -0.205. The zero-order valence-corrected chi connectivity index (χ0v) is 13.0. The van der Waals surface area contributed by atoms with Gasteiger partial charge in [-0.1, -0.05) is 30.3 Å². The first-order chi connectivity index (χ1) is 11.0. The van der Waals surface area contributed by atoms with Crippen LogP contribution in [0.5, 0.6) is 0 Å². The fourth-order valence-electron chi connectivity index (χ4n) is 2.30. The quantitative estimate of drug-likeness (QED) is 0.749. The van der Waals surface area contributed by atoms with Gasteiger partial charge in [0.1, 0.15) is 5.82 Å². The van der Waals surface area contributed by atoms with Gasteiger partial charge in [0, 0.05) is 0 Å². The van der Waals surface area contributed by atoms with Crippen molar-refractivity contribution in [2.24, 2.45) is 5.10 Å². The van der Waals surface area contributed by atoms with E-state index in [0.717, 1.165) is 22.4 Å². The smallest absolute Gasteiger partial charge is 0.221 e. The van der Waals surface area contributed by atoms with E-state index in [0.29, 0.717) is 11.5 Å². The fourth-order valence-corrected chi connectivity index (χ4v) is 2.30. The Morgan fingerprint density at radius 1 is 1.13 bits per heavy atom. The Bertz CT molecular complexity index is 880. The second-order valence-electron chi connectivity index (χ2n) is 5.42. The van der Waals surface area contributed by atoms with Crippen LogP contribution < -0.4 is 5.73 Å². The maximum absolute atomic E-state index is 13.7. The SMILES string of the molecule is Cc1cn(N=Cc2cccc(-c3ccc(C)c(F)c3)c2)c(N)n1. The number of anilines is 1. The van der Waals surface area contributed by atoms with Crippen LogP contribution in [-0.2, 0) is 0 Å². The molecule has 5 heteroatoms. The lowest BCUT2D eigenvalue weighted by Crippen LogP contribution is -1.97. The monoisotopic (exact) mass is 308 g/mol. The van der Waals surface area contributed by atoms with Gasteiger partial charge in [-0.25, -0.2) is 14.1 Å². The molecule has 2 aromatic carbocycles. The number of nitrogens with zero attached hydrogens (tertiary/aromatic N) is 3. The third-order valence-corrected chi connectivity index (χ3v) is 3.56. The van der Waals surface area contributed by atoms with Crippen LogP contribution in [0.15, 0.2) is 53.8 Å². The van der Waals surface area contributed by atoms with Gasteiger partial charge in [-0.3, -0.25) is 0 Å². The average Bonchev–Trinajstić information content (AvgIpc) is 2.86. The lowest BCUT2D eigenvalue weighted by atomic mass is 10.0. The maximum Gasteiger partial charge on any atom is 0.221 e. The van der Waals surface area contributed by atoms with Crippen LogP contribution in [0.25, 0.3) is 11.1 Å². The van der Waals surface area contributed by atoms with Crippen LogP contribution >= 0.6 is 0 Å². The highest BCUT2D eigenvalue weighted by atomic mass is 19.1. The molecule has 3 rings (SSSR count). The molecule has 0 radical (unpaired) electrons. The first-order valence-corrected chi connectivity index (χ1v) is 7.25. The summed E-state index contributed by atoms with van der Waals surface area (Å²) in [5.74, 6) is 0.138. The van der Waals surface area contributed by atoms with Crippen LogP contribution in [0, 0.1) is 19.7 Å². The van der Waals surface area contributed by atoms with Gasteiger partial charge in [0.05, 0.1) is 18.1 Å². The van der Waals surface area contributed by atoms with Gasteiger partial charge >= 0.3 is 0 Å². The summed E-state index contributed by atoms with van der Waals surface area (Å²) in [5, 5.41) is 4.29. The molecule has 0 aliphatic heterocycles. The van der Waals surface area contributed by atoms with E-state index in [2.05, 4.69) is 10.1 Å². The third-order valence-electron chi connectivity index (χ3n) is 3.56. The topological polar surface area (TPSA) is 56.2 Å². The highest BCUT2D eigenvalue weighted by molar-refractivity contribution is 5.82. The standard InChI is InChI=1S/C18H17FN4/c1-12-6-7-16(9-17(12)19)15-5-3-4-14(8-15)10-21-23-11-13(2)22-18(23)20/h3-11H,1-2H3,(H2,20,22). The molecular formula is C18H17FN4. The Kier molecular flexibility index (Phi) is 3.93. The van der Waals surface area contributed by atoms with Gasteiger partial charge in [-0.05, 0) is 48.2 Å². The Morgan fingerprint density at radius 3 is 2.61 bits per heavy atom. The van der Waals surface area contributed by atoms with E-state index in [1.165, 1.54) is 4.68 Å². The second-order valence-corrected chi connectivity index (χ2v) is 5.42. The minimum Gasteiger partial charge on any atom is -0.368 e. The number of hydrogen-bond acceptors (Lipinski definition) is 3. The van der Waals surface area contributed by atoms with Crippen molar-refractivity contribution in [1.29, 1.82) is 0 Å². The molecule has 116 valence electrons. The zero-order valence-electron chi connectivity index (χ0n) is 13.0. The fraction of sp³-hybridized carbons (Fsp3) is 0.111. The summed E-state index contributed by atoms with van der Waals surface area (Å²) in [6, 6.07) is 13.0. The maximum atomic E-state index is 13.7. The van der Waals surface area contributed by atoms with Crippen LogP contribution in [0.1, 0.15) is 16.8 Å². The van der Waals surface area contributed by atoms with Crippen molar-refractivity contribution in [2.75, 3.05) is 5.73 Å². The van der Waals surface area contributed by atoms with Gasteiger partial charge in [0.2, 0.25) is 5.95 Å². The molecule has 1 heterocycles. The van der Waals surface area contributed by atoms with E-state index in [9.17, 15) is 4.39 Å². The van der Waals surface area contributed by atoms with Crippen LogP contribution in [-0.4, -0.2) is 15.9 Å². The van der Waals surface area contributed by atoms with Crippen molar-refractivity contribution in [3.05, 3.63) is 71.3 Å². The van der Waals surface area contributed by atoms with Crippen molar-refractivity contribution in [3.63, 3.8) is 0 Å². The summed E-state index contributed by atoms with van der Waals surface area (Å²) in [5.41, 5.74) is 9.86. The Labute approximate surface area is 134 Å². The number of nitrogen functional groups attached to an aromatic ring is 1. The number of nitrogens with two attached hydrogens (primary N) is 1. The Morgan fingerprint density at radius 2 is 1.91 bits per heavy atom. The van der Waals surface area contributed by atoms with Crippen molar-refractivity contribution in [2.45, 2.75) is 13.8 Å². The minimum absolute atomic E-state index is 0.205. The normalized spacial score (nSPS) is 11.3. The van der Waals surface area contributed by atoms with Crippen LogP contribution in [0.2, 0.25) is 0 Å². The Hall–Kier alpha value is -2.95. The first-order valence-electron chi connectivity index (χ1n) is 7.25. The molecule has 0 aliphatic rings. The predicted molar refractivity (Wildman–Crippen MR) is 90.9 cm³/mol. The van der Waals surface area contributed by atoms with Gasteiger partial charge < -0.3 is 5.73 Å². The van der Waals surface area contributed by atoms with Crippen LogP contribution in [0.4, 0.5) is 10.3 Å². The molecule has 3 aromatic rings. The molecule has 0 unspecified atom stereocenters. The van der Waals surface area contributed by atoms with Crippen molar-refractivity contribution in [3.8, 4) is 11.1 Å². The largest absolute Gasteiger partial charge is 0.368 e. The molecule has 0 bridgehead atoms. The number of benzene rings is 2. The highest BCUT2D eigenvalue weighted by Crippen LogP contribution is 2.22. The number of halogens is 1. The molecular weight excluding hydrogens is 291 g/mol. The second kappa shape index (κ2) is 6.04. The highest BCUT2D eigenvalue weighted by Gasteiger charge is 2.03. The third kappa shape index (κ3) is 3.29. The molecule has 0 spiro atoms. The van der Waals surface area contributed by atoms with Crippen molar-refractivity contribution in [1.82, 2.24) is 9.66 Å². The molecule has 4 nitrogen and oxygen atoms in total. The summed E-state index contributed by atoms with van der Waals surface area (Å²) in [6.45, 7) is 3.61.